The van der Waals surface area contributed by atoms with Crippen LogP contribution in [0, 0.1) is 0 Å². The molecular formula is C9H21NO3. The molecule has 0 aliphatic rings. The molecule has 0 fully saturated rings. The predicted octanol–water partition coefficient (Wildman–Crippen LogP) is 2.31. The van der Waals surface area contributed by atoms with E-state index in [0.717, 1.165) is 5.39 Å². The van der Waals surface area contributed by atoms with Crippen molar-refractivity contribution in [3.8, 4) is 0 Å². The van der Waals surface area contributed by atoms with E-state index in [-0.39, 0.29) is 18.3 Å². The molecule has 0 atom stereocenters. The maximum atomic E-state index is 5.26. The highest BCUT2D eigenvalue weighted by molar-refractivity contribution is 4.33. The lowest BCUT2D eigenvalue weighted by Crippen LogP contribution is -2.32. The summed E-state index contributed by atoms with van der Waals surface area (Å²) >= 11 is 0. The van der Waals surface area contributed by atoms with Crippen LogP contribution < -0.4 is 0 Å². The minimum absolute atomic E-state index is 0.0394. The third kappa shape index (κ3) is 8.18. The topological polar surface area (TPSA) is 30.9 Å². The van der Waals surface area contributed by atoms with Crippen molar-refractivity contribution in [1.82, 2.24) is 5.39 Å². The van der Waals surface area contributed by atoms with Gasteiger partial charge < -0.3 is 0 Å². The summed E-state index contributed by atoms with van der Waals surface area (Å²) in [5.74, 6) is 0. The summed E-state index contributed by atoms with van der Waals surface area (Å²) < 4.78 is 0. The fraction of sp³-hybridized carbons (Fsp3) is 1.00. The molecular weight excluding hydrogens is 170 g/mol. The number of hydrogen-bond acceptors (Lipinski definition) is 4. The minimum Gasteiger partial charge on any atom is -0.248 e. The van der Waals surface area contributed by atoms with Crippen molar-refractivity contribution in [3.63, 3.8) is 0 Å². The molecule has 0 aliphatic carbocycles. The molecule has 80 valence electrons. The van der Waals surface area contributed by atoms with E-state index in [1.165, 1.54) is 0 Å². The van der Waals surface area contributed by atoms with E-state index in [4.69, 9.17) is 14.5 Å². The summed E-state index contributed by atoms with van der Waals surface area (Å²) in [5.41, 5.74) is 0. The van der Waals surface area contributed by atoms with Gasteiger partial charge in [0.25, 0.3) is 0 Å². The van der Waals surface area contributed by atoms with Gasteiger partial charge in [-0.25, -0.2) is 14.5 Å². The van der Waals surface area contributed by atoms with Crippen molar-refractivity contribution in [2.75, 3.05) is 0 Å². The van der Waals surface area contributed by atoms with Crippen molar-refractivity contribution >= 4 is 0 Å². The van der Waals surface area contributed by atoms with Crippen molar-refractivity contribution in [3.05, 3.63) is 0 Å². The molecule has 0 saturated carbocycles. The molecule has 0 aliphatic heterocycles. The summed E-state index contributed by atoms with van der Waals surface area (Å²) in [6, 6.07) is 0. The van der Waals surface area contributed by atoms with Crippen LogP contribution in [0.3, 0.4) is 0 Å². The molecule has 0 N–H and O–H groups in total. The second kappa shape index (κ2) is 6.32. The Bertz CT molecular complexity index is 102. The van der Waals surface area contributed by atoms with E-state index in [1.807, 2.05) is 41.5 Å². The lowest BCUT2D eigenvalue weighted by atomic mass is 10.5. The highest BCUT2D eigenvalue weighted by Gasteiger charge is 2.13. The molecule has 4 nitrogen and oxygen atoms in total. The fourth-order valence-electron chi connectivity index (χ4n) is 0.591. The molecule has 0 aromatic rings. The van der Waals surface area contributed by atoms with Gasteiger partial charge in [0.2, 0.25) is 0 Å². The molecule has 0 rings (SSSR count). The zero-order chi connectivity index (χ0) is 10.4. The van der Waals surface area contributed by atoms with Crippen LogP contribution in [0.4, 0.5) is 0 Å². The molecule has 0 aromatic heterocycles. The molecule has 0 saturated heterocycles. The molecule has 4 heteroatoms. The molecule has 0 bridgehead atoms. The van der Waals surface area contributed by atoms with Gasteiger partial charge in [0, 0.05) is 0 Å². The van der Waals surface area contributed by atoms with Crippen molar-refractivity contribution in [2.24, 2.45) is 0 Å². The van der Waals surface area contributed by atoms with E-state index in [1.54, 1.807) is 0 Å². The Morgan fingerprint density at radius 1 is 0.615 bits per heavy atom. The molecule has 0 amide bonds. The van der Waals surface area contributed by atoms with Crippen LogP contribution in [0.25, 0.3) is 0 Å². The Balaban J connectivity index is 3.87. The highest BCUT2D eigenvalue weighted by atomic mass is 17.2. The van der Waals surface area contributed by atoms with Crippen LogP contribution >= 0.6 is 0 Å². The highest BCUT2D eigenvalue weighted by Crippen LogP contribution is 2.05. The normalized spacial score (nSPS) is 12.5. The van der Waals surface area contributed by atoms with Crippen molar-refractivity contribution in [2.45, 2.75) is 59.9 Å². The number of rotatable bonds is 6. The molecule has 0 heterocycles. The SMILES string of the molecule is CC(C)ON(OC(C)C)OC(C)C. The van der Waals surface area contributed by atoms with Crippen LogP contribution in [-0.4, -0.2) is 23.7 Å². The zero-order valence-corrected chi connectivity index (χ0v) is 9.40. The Morgan fingerprint density at radius 2 is 0.846 bits per heavy atom. The van der Waals surface area contributed by atoms with Gasteiger partial charge in [-0.05, 0) is 41.5 Å². The summed E-state index contributed by atoms with van der Waals surface area (Å²) in [4.78, 5) is 15.8. The van der Waals surface area contributed by atoms with Crippen LogP contribution in [0.2, 0.25) is 0 Å². The summed E-state index contributed by atoms with van der Waals surface area (Å²) in [6.07, 6.45) is 0.118. The maximum absolute atomic E-state index is 5.26. The van der Waals surface area contributed by atoms with Gasteiger partial charge in [-0.1, -0.05) is 0 Å². The van der Waals surface area contributed by atoms with E-state index < -0.39 is 0 Å². The van der Waals surface area contributed by atoms with Gasteiger partial charge in [-0.2, -0.15) is 0 Å². The number of nitrogens with zero attached hydrogens (tertiary/aromatic N) is 1. The zero-order valence-electron chi connectivity index (χ0n) is 9.40. The van der Waals surface area contributed by atoms with Gasteiger partial charge >= 0.3 is 0 Å². The Morgan fingerprint density at radius 3 is 1.00 bits per heavy atom. The molecule has 0 spiro atoms. The Hall–Kier alpha value is -0.160. The second-order valence-corrected chi connectivity index (χ2v) is 3.69. The molecule has 0 radical (unpaired) electrons. The van der Waals surface area contributed by atoms with Crippen molar-refractivity contribution in [1.29, 1.82) is 0 Å². The number of hydrogen-bond donors (Lipinski definition) is 0. The fourth-order valence-corrected chi connectivity index (χ4v) is 0.591. The third-order valence-corrected chi connectivity index (χ3v) is 0.891. The maximum Gasteiger partial charge on any atom is 0.0788 e. The third-order valence-electron chi connectivity index (χ3n) is 0.891. The Labute approximate surface area is 80.6 Å². The van der Waals surface area contributed by atoms with Crippen LogP contribution in [0.5, 0.6) is 0 Å². The Kier molecular flexibility index (Phi) is 6.24. The van der Waals surface area contributed by atoms with Crippen LogP contribution in [0.15, 0.2) is 0 Å². The first-order valence-electron chi connectivity index (χ1n) is 4.72. The van der Waals surface area contributed by atoms with Gasteiger partial charge in [0.05, 0.1) is 23.7 Å². The standard InChI is InChI=1S/C9H21NO3/c1-7(2)11-10(12-8(3)4)13-9(5)6/h7-9H,1-6H3. The minimum atomic E-state index is 0.0394. The first-order chi connectivity index (χ1) is 5.91. The summed E-state index contributed by atoms with van der Waals surface area (Å²) in [7, 11) is 0. The predicted molar refractivity (Wildman–Crippen MR) is 50.5 cm³/mol. The summed E-state index contributed by atoms with van der Waals surface area (Å²) in [5, 5.41) is 1.10. The van der Waals surface area contributed by atoms with E-state index >= 15 is 0 Å². The lowest BCUT2D eigenvalue weighted by molar-refractivity contribution is -0.550. The average Bonchev–Trinajstić information content (AvgIpc) is 1.80. The molecule has 0 unspecified atom stereocenters. The first-order valence-corrected chi connectivity index (χ1v) is 4.72. The second-order valence-electron chi connectivity index (χ2n) is 3.69. The van der Waals surface area contributed by atoms with Gasteiger partial charge in [-0.3, -0.25) is 0 Å². The van der Waals surface area contributed by atoms with E-state index in [2.05, 4.69) is 0 Å². The van der Waals surface area contributed by atoms with Gasteiger partial charge in [0.15, 0.2) is 0 Å². The molecule has 0 aromatic carbocycles. The smallest absolute Gasteiger partial charge is 0.0788 e. The van der Waals surface area contributed by atoms with E-state index in [9.17, 15) is 0 Å². The van der Waals surface area contributed by atoms with Gasteiger partial charge in [-0.15, -0.1) is 0 Å². The monoisotopic (exact) mass is 191 g/mol. The lowest BCUT2D eigenvalue weighted by Gasteiger charge is -2.24. The van der Waals surface area contributed by atoms with E-state index in [0.29, 0.717) is 0 Å². The summed E-state index contributed by atoms with van der Waals surface area (Å²) in [6.45, 7) is 11.5. The quantitative estimate of drug-likeness (QED) is 0.603. The average molecular weight is 191 g/mol. The van der Waals surface area contributed by atoms with Crippen molar-refractivity contribution < 1.29 is 14.5 Å². The van der Waals surface area contributed by atoms with Crippen LogP contribution in [-0.2, 0) is 14.5 Å². The largest absolute Gasteiger partial charge is 0.248 e. The molecule has 13 heavy (non-hydrogen) atoms. The first kappa shape index (κ1) is 12.8. The van der Waals surface area contributed by atoms with Crippen LogP contribution in [0.1, 0.15) is 41.5 Å². The van der Waals surface area contributed by atoms with Gasteiger partial charge in [0.1, 0.15) is 0 Å².